The average Bonchev–Trinajstić information content (AvgIpc) is 2.71. The lowest BCUT2D eigenvalue weighted by molar-refractivity contribution is -0.117. The fourth-order valence-electron chi connectivity index (χ4n) is 2.04. The number of halogens is 2. The minimum absolute atomic E-state index is 0.0270. The lowest BCUT2D eigenvalue weighted by Crippen LogP contribution is -2.26. The normalized spacial score (nSPS) is 19.2. The van der Waals surface area contributed by atoms with Gasteiger partial charge in [0.05, 0.1) is 12.1 Å². The van der Waals surface area contributed by atoms with Gasteiger partial charge in [0.2, 0.25) is 5.91 Å². The van der Waals surface area contributed by atoms with E-state index in [1.807, 2.05) is 0 Å². The molecule has 1 unspecified atom stereocenters. The van der Waals surface area contributed by atoms with Crippen LogP contribution in [0.25, 0.3) is 0 Å². The molecule has 1 aliphatic heterocycles. The second-order valence-corrected chi connectivity index (χ2v) is 4.52. The van der Waals surface area contributed by atoms with E-state index in [1.165, 1.54) is 24.1 Å². The smallest absolute Gasteiger partial charge is 0.227 e. The molecule has 18 heavy (non-hydrogen) atoms. The zero-order valence-corrected chi connectivity index (χ0v) is 10.7. The van der Waals surface area contributed by atoms with Crippen LogP contribution in [0.4, 0.5) is 10.1 Å². The molecule has 3 nitrogen and oxygen atoms in total. The quantitative estimate of drug-likeness (QED) is 0.790. The Bertz CT molecular complexity index is 504. The van der Waals surface area contributed by atoms with E-state index in [2.05, 4.69) is 6.58 Å². The summed E-state index contributed by atoms with van der Waals surface area (Å²) in [4.78, 5) is 13.2. The van der Waals surface area contributed by atoms with Crippen LogP contribution in [0.15, 0.2) is 24.8 Å². The summed E-state index contributed by atoms with van der Waals surface area (Å²) in [5.74, 6) is -0.666. The molecule has 0 aliphatic carbocycles. The van der Waals surface area contributed by atoms with Crippen LogP contribution in [-0.2, 0) is 4.79 Å². The first-order valence-electron chi connectivity index (χ1n) is 5.53. The molecule has 1 fully saturated rings. The van der Waals surface area contributed by atoms with Crippen LogP contribution in [0, 0.1) is 11.7 Å². The summed E-state index contributed by atoms with van der Waals surface area (Å²) in [5.41, 5.74) is 0.0883. The number of rotatable bonds is 3. The van der Waals surface area contributed by atoms with Crippen LogP contribution in [0.2, 0.25) is 5.02 Å². The third kappa shape index (κ3) is 2.08. The van der Waals surface area contributed by atoms with Crippen molar-refractivity contribution in [3.8, 4) is 5.75 Å². The molecular formula is C13H13ClFNO2. The van der Waals surface area contributed by atoms with Gasteiger partial charge >= 0.3 is 0 Å². The SMILES string of the molecule is C=CC1CC(=O)N(c2c(Cl)ccc(OC)c2F)C1. The number of amides is 1. The van der Waals surface area contributed by atoms with E-state index in [9.17, 15) is 9.18 Å². The Balaban J connectivity index is 2.45. The molecule has 1 atom stereocenters. The standard InChI is InChI=1S/C13H13ClFNO2/c1-3-8-6-11(17)16(7-8)13-9(14)4-5-10(18-2)12(13)15/h3-5,8H,1,6-7H2,2H3. The van der Waals surface area contributed by atoms with Crippen molar-refractivity contribution in [2.24, 2.45) is 5.92 Å². The van der Waals surface area contributed by atoms with Crippen LogP contribution in [0.5, 0.6) is 5.75 Å². The van der Waals surface area contributed by atoms with Crippen LogP contribution in [0.1, 0.15) is 6.42 Å². The largest absolute Gasteiger partial charge is 0.494 e. The second kappa shape index (κ2) is 4.98. The molecule has 1 heterocycles. The summed E-state index contributed by atoms with van der Waals surface area (Å²) in [6.45, 7) is 4.05. The Labute approximate surface area is 110 Å². The van der Waals surface area contributed by atoms with Gasteiger partial charge in [0.1, 0.15) is 5.69 Å². The number of ether oxygens (including phenoxy) is 1. The average molecular weight is 270 g/mol. The molecule has 0 saturated carbocycles. The highest BCUT2D eigenvalue weighted by molar-refractivity contribution is 6.34. The minimum Gasteiger partial charge on any atom is -0.494 e. The predicted octanol–water partition coefficient (Wildman–Crippen LogP) is 3.03. The lowest BCUT2D eigenvalue weighted by atomic mass is 10.1. The predicted molar refractivity (Wildman–Crippen MR) is 68.6 cm³/mol. The van der Waals surface area contributed by atoms with Crippen molar-refractivity contribution < 1.29 is 13.9 Å². The Morgan fingerprint density at radius 3 is 2.89 bits per heavy atom. The van der Waals surface area contributed by atoms with Gasteiger partial charge in [-0.3, -0.25) is 4.79 Å². The molecule has 1 saturated heterocycles. The molecule has 2 rings (SSSR count). The van der Waals surface area contributed by atoms with Gasteiger partial charge in [-0.1, -0.05) is 17.7 Å². The number of carbonyl (C=O) groups excluding carboxylic acids is 1. The number of nitrogens with zero attached hydrogens (tertiary/aromatic N) is 1. The van der Waals surface area contributed by atoms with E-state index in [-0.39, 0.29) is 28.3 Å². The van der Waals surface area contributed by atoms with Crippen molar-refractivity contribution in [1.29, 1.82) is 0 Å². The third-order valence-corrected chi connectivity index (χ3v) is 3.31. The first kappa shape index (κ1) is 12.9. The minimum atomic E-state index is -0.608. The van der Waals surface area contributed by atoms with Crippen molar-refractivity contribution in [1.82, 2.24) is 0 Å². The van der Waals surface area contributed by atoms with Gasteiger partial charge in [-0.25, -0.2) is 4.39 Å². The highest BCUT2D eigenvalue weighted by atomic mass is 35.5. The molecule has 5 heteroatoms. The Morgan fingerprint density at radius 2 is 2.33 bits per heavy atom. The zero-order chi connectivity index (χ0) is 13.3. The molecular weight excluding hydrogens is 257 g/mol. The number of hydrogen-bond acceptors (Lipinski definition) is 2. The number of anilines is 1. The molecule has 96 valence electrons. The Morgan fingerprint density at radius 1 is 1.61 bits per heavy atom. The Kier molecular flexibility index (Phi) is 3.57. The van der Waals surface area contributed by atoms with Crippen LogP contribution < -0.4 is 9.64 Å². The first-order chi connectivity index (χ1) is 8.58. The monoisotopic (exact) mass is 269 g/mol. The van der Waals surface area contributed by atoms with E-state index in [0.717, 1.165) is 0 Å². The number of hydrogen-bond donors (Lipinski definition) is 0. The van der Waals surface area contributed by atoms with E-state index >= 15 is 0 Å². The molecule has 1 aliphatic rings. The maximum absolute atomic E-state index is 14.2. The number of benzene rings is 1. The van der Waals surface area contributed by atoms with E-state index in [1.54, 1.807) is 6.08 Å². The van der Waals surface area contributed by atoms with Gasteiger partial charge in [0.25, 0.3) is 0 Å². The van der Waals surface area contributed by atoms with Crippen molar-refractivity contribution in [2.45, 2.75) is 6.42 Å². The van der Waals surface area contributed by atoms with Crippen molar-refractivity contribution in [3.63, 3.8) is 0 Å². The van der Waals surface area contributed by atoms with Gasteiger partial charge in [-0.2, -0.15) is 0 Å². The van der Waals surface area contributed by atoms with Gasteiger partial charge in [0.15, 0.2) is 11.6 Å². The summed E-state index contributed by atoms with van der Waals surface area (Å²) in [5, 5.41) is 0.200. The molecule has 0 spiro atoms. The fourth-order valence-corrected chi connectivity index (χ4v) is 2.28. The molecule has 1 aromatic rings. The highest BCUT2D eigenvalue weighted by Crippen LogP contribution is 2.37. The first-order valence-corrected chi connectivity index (χ1v) is 5.91. The lowest BCUT2D eigenvalue weighted by Gasteiger charge is -2.19. The van der Waals surface area contributed by atoms with Gasteiger partial charge < -0.3 is 9.64 Å². The van der Waals surface area contributed by atoms with Crippen LogP contribution in [0.3, 0.4) is 0 Å². The van der Waals surface area contributed by atoms with Crippen molar-refractivity contribution in [3.05, 3.63) is 35.6 Å². The molecule has 0 bridgehead atoms. The summed E-state index contributed by atoms with van der Waals surface area (Å²) in [7, 11) is 1.37. The maximum Gasteiger partial charge on any atom is 0.227 e. The van der Waals surface area contributed by atoms with E-state index < -0.39 is 5.82 Å². The van der Waals surface area contributed by atoms with Gasteiger partial charge in [-0.05, 0) is 12.1 Å². The van der Waals surface area contributed by atoms with E-state index in [0.29, 0.717) is 13.0 Å². The molecule has 0 radical (unpaired) electrons. The van der Waals surface area contributed by atoms with Crippen LogP contribution >= 0.6 is 11.6 Å². The van der Waals surface area contributed by atoms with E-state index in [4.69, 9.17) is 16.3 Å². The topological polar surface area (TPSA) is 29.5 Å². The Hall–Kier alpha value is -1.55. The summed E-state index contributed by atoms with van der Waals surface area (Å²) in [6.07, 6.45) is 2.03. The third-order valence-electron chi connectivity index (χ3n) is 3.01. The molecule has 0 N–H and O–H groups in total. The molecule has 1 amide bonds. The molecule has 1 aromatic carbocycles. The summed E-state index contributed by atoms with van der Waals surface area (Å²) < 4.78 is 19.1. The highest BCUT2D eigenvalue weighted by Gasteiger charge is 2.32. The van der Waals surface area contributed by atoms with Crippen molar-refractivity contribution >= 4 is 23.2 Å². The van der Waals surface area contributed by atoms with Gasteiger partial charge in [-0.15, -0.1) is 6.58 Å². The fraction of sp³-hybridized carbons (Fsp3) is 0.308. The maximum atomic E-state index is 14.2. The second-order valence-electron chi connectivity index (χ2n) is 4.12. The van der Waals surface area contributed by atoms with Crippen LogP contribution in [-0.4, -0.2) is 19.6 Å². The summed E-state index contributed by atoms with van der Waals surface area (Å²) >= 11 is 5.98. The summed E-state index contributed by atoms with van der Waals surface area (Å²) in [6, 6.07) is 2.96. The number of methoxy groups -OCH3 is 1. The van der Waals surface area contributed by atoms with Gasteiger partial charge in [0, 0.05) is 18.9 Å². The number of carbonyl (C=O) groups is 1. The zero-order valence-electron chi connectivity index (χ0n) is 9.95. The molecule has 0 aromatic heterocycles. The van der Waals surface area contributed by atoms with Crippen molar-refractivity contribution in [2.75, 3.05) is 18.6 Å².